The van der Waals surface area contributed by atoms with E-state index in [9.17, 15) is 9.59 Å². The summed E-state index contributed by atoms with van der Waals surface area (Å²) in [6.07, 6.45) is 0. The van der Waals surface area contributed by atoms with E-state index >= 15 is 0 Å². The Bertz CT molecular complexity index is 833. The van der Waals surface area contributed by atoms with Crippen LogP contribution in [0.25, 0.3) is 0 Å². The summed E-state index contributed by atoms with van der Waals surface area (Å²) in [5, 5.41) is 5.41. The van der Waals surface area contributed by atoms with E-state index in [2.05, 4.69) is 10.6 Å². The zero-order valence-corrected chi connectivity index (χ0v) is 16.9. The Kier molecular flexibility index (Phi) is 7.87. The summed E-state index contributed by atoms with van der Waals surface area (Å²) >= 11 is 0. The molecule has 0 aliphatic carbocycles. The second-order valence-corrected chi connectivity index (χ2v) is 6.79. The normalized spacial score (nSPS) is 10.3. The summed E-state index contributed by atoms with van der Waals surface area (Å²) in [4.78, 5) is 23.7. The third-order valence-electron chi connectivity index (χ3n) is 4.31. The third kappa shape index (κ3) is 6.95. The fourth-order valence-corrected chi connectivity index (χ4v) is 2.56. The lowest BCUT2D eigenvalue weighted by Crippen LogP contribution is -2.38. The first-order valence-corrected chi connectivity index (χ1v) is 9.28. The summed E-state index contributed by atoms with van der Waals surface area (Å²) in [5.41, 5.74) is 4.42. The Balaban J connectivity index is 1.60. The Morgan fingerprint density at radius 1 is 0.750 bits per heavy atom. The number of carbonyl (C=O) groups is 2. The zero-order chi connectivity index (χ0) is 20.5. The molecule has 0 heterocycles. The van der Waals surface area contributed by atoms with Gasteiger partial charge < -0.3 is 20.1 Å². The summed E-state index contributed by atoms with van der Waals surface area (Å²) in [6, 6.07) is 11.5. The molecule has 0 aromatic heterocycles. The van der Waals surface area contributed by atoms with Crippen molar-refractivity contribution < 1.29 is 19.1 Å². The molecule has 0 fully saturated rings. The highest BCUT2D eigenvalue weighted by atomic mass is 16.5. The van der Waals surface area contributed by atoms with E-state index < -0.39 is 0 Å². The molecular weight excluding hydrogens is 356 g/mol. The molecule has 2 aromatic rings. The van der Waals surface area contributed by atoms with Crippen molar-refractivity contribution in [2.75, 3.05) is 26.3 Å². The zero-order valence-electron chi connectivity index (χ0n) is 16.9. The molecule has 2 rings (SSSR count). The fraction of sp³-hybridized carbons (Fsp3) is 0.364. The Morgan fingerprint density at radius 2 is 1.39 bits per heavy atom. The van der Waals surface area contributed by atoms with E-state index in [1.807, 2.05) is 64.1 Å². The lowest BCUT2D eigenvalue weighted by Gasteiger charge is -2.11. The number of amides is 2. The van der Waals surface area contributed by atoms with Crippen LogP contribution in [0.4, 0.5) is 0 Å². The molecule has 0 bridgehead atoms. The first kappa shape index (κ1) is 21.3. The van der Waals surface area contributed by atoms with Crippen molar-refractivity contribution in [1.29, 1.82) is 0 Å². The van der Waals surface area contributed by atoms with Gasteiger partial charge in [0.05, 0.1) is 0 Å². The van der Waals surface area contributed by atoms with Crippen LogP contribution in [-0.2, 0) is 9.59 Å². The van der Waals surface area contributed by atoms with Crippen LogP contribution >= 0.6 is 0 Å². The van der Waals surface area contributed by atoms with Crippen molar-refractivity contribution in [2.45, 2.75) is 27.7 Å². The van der Waals surface area contributed by atoms with Crippen LogP contribution in [-0.4, -0.2) is 38.1 Å². The molecule has 150 valence electrons. The van der Waals surface area contributed by atoms with Crippen LogP contribution in [0.1, 0.15) is 22.3 Å². The lowest BCUT2D eigenvalue weighted by molar-refractivity contribution is -0.124. The first-order chi connectivity index (χ1) is 13.3. The van der Waals surface area contributed by atoms with Crippen molar-refractivity contribution in [3.05, 3.63) is 58.7 Å². The predicted octanol–water partition coefficient (Wildman–Crippen LogP) is 2.61. The second-order valence-electron chi connectivity index (χ2n) is 6.79. The van der Waals surface area contributed by atoms with Crippen molar-refractivity contribution in [1.82, 2.24) is 10.6 Å². The molecule has 6 nitrogen and oxygen atoms in total. The van der Waals surface area contributed by atoms with E-state index in [0.717, 1.165) is 16.7 Å². The predicted molar refractivity (Wildman–Crippen MR) is 109 cm³/mol. The van der Waals surface area contributed by atoms with Gasteiger partial charge in [0.15, 0.2) is 13.2 Å². The smallest absolute Gasteiger partial charge is 0.258 e. The van der Waals surface area contributed by atoms with Crippen molar-refractivity contribution in [2.24, 2.45) is 0 Å². The van der Waals surface area contributed by atoms with Gasteiger partial charge >= 0.3 is 0 Å². The van der Waals surface area contributed by atoms with E-state index in [0.29, 0.717) is 24.6 Å². The Labute approximate surface area is 166 Å². The van der Waals surface area contributed by atoms with Gasteiger partial charge in [-0.2, -0.15) is 0 Å². The fourth-order valence-electron chi connectivity index (χ4n) is 2.56. The topological polar surface area (TPSA) is 76.7 Å². The quantitative estimate of drug-likeness (QED) is 0.652. The molecular formula is C22H28N2O4. The SMILES string of the molecule is Cc1ccc(OCC(=O)NCCNC(=O)COc2ccc(C)c(C)c2)c(C)c1. The number of hydrogen-bond acceptors (Lipinski definition) is 4. The van der Waals surface area contributed by atoms with E-state index in [4.69, 9.17) is 9.47 Å². The molecule has 2 amide bonds. The van der Waals surface area contributed by atoms with Gasteiger partial charge in [-0.15, -0.1) is 0 Å². The molecule has 0 saturated heterocycles. The maximum absolute atomic E-state index is 11.8. The minimum Gasteiger partial charge on any atom is -0.484 e. The van der Waals surface area contributed by atoms with Gasteiger partial charge in [0.2, 0.25) is 0 Å². The highest BCUT2D eigenvalue weighted by Crippen LogP contribution is 2.18. The molecule has 0 radical (unpaired) electrons. The standard InChI is InChI=1S/C22H28N2O4/c1-15-5-8-20(18(4)11-15)28-14-22(26)24-10-9-23-21(25)13-27-19-7-6-16(2)17(3)12-19/h5-8,11-12H,9-10,13-14H2,1-4H3,(H,23,25)(H,24,26). The highest BCUT2D eigenvalue weighted by molar-refractivity contribution is 5.78. The molecule has 2 N–H and O–H groups in total. The molecule has 0 unspecified atom stereocenters. The average Bonchev–Trinajstić information content (AvgIpc) is 2.65. The van der Waals surface area contributed by atoms with Gasteiger partial charge in [-0.1, -0.05) is 23.8 Å². The number of carbonyl (C=O) groups excluding carboxylic acids is 2. The highest BCUT2D eigenvalue weighted by Gasteiger charge is 2.06. The second kappa shape index (κ2) is 10.3. The van der Waals surface area contributed by atoms with Crippen LogP contribution in [0.15, 0.2) is 36.4 Å². The van der Waals surface area contributed by atoms with Gasteiger partial charge in [-0.3, -0.25) is 9.59 Å². The number of hydrogen-bond donors (Lipinski definition) is 2. The van der Waals surface area contributed by atoms with Gasteiger partial charge in [-0.25, -0.2) is 0 Å². The molecule has 28 heavy (non-hydrogen) atoms. The van der Waals surface area contributed by atoms with Crippen molar-refractivity contribution in [3.63, 3.8) is 0 Å². The monoisotopic (exact) mass is 384 g/mol. The lowest BCUT2D eigenvalue weighted by atomic mass is 10.1. The third-order valence-corrected chi connectivity index (χ3v) is 4.31. The van der Waals surface area contributed by atoms with E-state index in [1.54, 1.807) is 0 Å². The maximum Gasteiger partial charge on any atom is 0.258 e. The molecule has 0 saturated carbocycles. The van der Waals surface area contributed by atoms with Gasteiger partial charge in [0.25, 0.3) is 11.8 Å². The molecule has 0 aliphatic heterocycles. The van der Waals surface area contributed by atoms with Gasteiger partial charge in [0.1, 0.15) is 11.5 Å². The van der Waals surface area contributed by atoms with Crippen LogP contribution in [0.2, 0.25) is 0 Å². The van der Waals surface area contributed by atoms with Crippen LogP contribution in [0, 0.1) is 27.7 Å². The Morgan fingerprint density at radius 3 is 2.00 bits per heavy atom. The van der Waals surface area contributed by atoms with Crippen LogP contribution < -0.4 is 20.1 Å². The number of nitrogens with one attached hydrogen (secondary N) is 2. The average molecular weight is 384 g/mol. The van der Waals surface area contributed by atoms with Gasteiger partial charge in [0, 0.05) is 13.1 Å². The Hall–Kier alpha value is -3.02. The van der Waals surface area contributed by atoms with Gasteiger partial charge in [-0.05, 0) is 62.6 Å². The minimum absolute atomic E-state index is 0.0618. The maximum atomic E-state index is 11.8. The van der Waals surface area contributed by atoms with E-state index in [1.165, 1.54) is 5.56 Å². The molecule has 0 atom stereocenters. The van der Waals surface area contributed by atoms with Crippen molar-refractivity contribution in [3.8, 4) is 11.5 Å². The van der Waals surface area contributed by atoms with E-state index in [-0.39, 0.29) is 25.0 Å². The summed E-state index contributed by atoms with van der Waals surface area (Å²) in [6.45, 7) is 8.48. The molecule has 6 heteroatoms. The number of aryl methyl sites for hydroxylation is 4. The summed E-state index contributed by atoms with van der Waals surface area (Å²) in [7, 11) is 0. The van der Waals surface area contributed by atoms with Crippen LogP contribution in [0.5, 0.6) is 11.5 Å². The van der Waals surface area contributed by atoms with Crippen LogP contribution in [0.3, 0.4) is 0 Å². The number of rotatable bonds is 9. The largest absolute Gasteiger partial charge is 0.484 e. The summed E-state index contributed by atoms with van der Waals surface area (Å²) < 4.78 is 11.0. The first-order valence-electron chi connectivity index (χ1n) is 9.28. The molecule has 0 spiro atoms. The minimum atomic E-state index is -0.237. The molecule has 2 aromatic carbocycles. The molecule has 0 aliphatic rings. The number of benzene rings is 2. The van der Waals surface area contributed by atoms with Crippen molar-refractivity contribution >= 4 is 11.8 Å². The summed E-state index contributed by atoms with van der Waals surface area (Å²) in [5.74, 6) is 0.882. The number of ether oxygens (including phenoxy) is 2.